The molecule has 1 heterocycles. The van der Waals surface area contributed by atoms with Crippen molar-refractivity contribution in [3.05, 3.63) is 18.0 Å². The van der Waals surface area contributed by atoms with Gasteiger partial charge in [0.1, 0.15) is 0 Å². The first kappa shape index (κ1) is 13.3. The molecule has 1 aliphatic carbocycles. The van der Waals surface area contributed by atoms with Gasteiger partial charge in [-0.15, -0.1) is 0 Å². The molecule has 1 aromatic rings. The first-order valence-electron chi connectivity index (χ1n) is 7.03. The van der Waals surface area contributed by atoms with E-state index < -0.39 is 0 Å². The van der Waals surface area contributed by atoms with Crippen LogP contribution in [0.1, 0.15) is 57.2 Å². The van der Waals surface area contributed by atoms with Crippen LogP contribution in [0.3, 0.4) is 0 Å². The molecule has 1 fully saturated rings. The molecule has 1 aliphatic rings. The van der Waals surface area contributed by atoms with Crippen LogP contribution in [0.15, 0.2) is 12.3 Å². The number of hydrogen-bond donors (Lipinski definition) is 1. The molecule has 0 saturated heterocycles. The smallest absolute Gasteiger partial charge is 0.155 e. The molecule has 0 amide bonds. The van der Waals surface area contributed by atoms with Crippen LogP contribution in [0, 0.1) is 0 Å². The summed E-state index contributed by atoms with van der Waals surface area (Å²) < 4.78 is 2.04. The maximum atomic E-state index is 11.8. The molecule has 2 rings (SSSR count). The third-order valence-electron chi connectivity index (χ3n) is 3.82. The van der Waals surface area contributed by atoms with Crippen LogP contribution in [0.25, 0.3) is 0 Å². The van der Waals surface area contributed by atoms with E-state index in [1.54, 1.807) is 0 Å². The summed E-state index contributed by atoms with van der Waals surface area (Å²) in [5.74, 6) is 0.0893. The molecule has 1 aromatic heterocycles. The Morgan fingerprint density at radius 2 is 2.22 bits per heavy atom. The van der Waals surface area contributed by atoms with Crippen LogP contribution in [0.5, 0.6) is 0 Å². The Bertz CT molecular complexity index is 393. The summed E-state index contributed by atoms with van der Waals surface area (Å²) in [6.45, 7) is 1.93. The summed E-state index contributed by atoms with van der Waals surface area (Å²) in [5, 5.41) is 4.53. The van der Waals surface area contributed by atoms with Gasteiger partial charge in [-0.3, -0.25) is 9.48 Å². The predicted molar refractivity (Wildman–Crippen MR) is 71.3 cm³/mol. The highest BCUT2D eigenvalue weighted by atomic mass is 16.1. The highest BCUT2D eigenvalue weighted by Gasteiger charge is 2.17. The second kappa shape index (κ2) is 6.14. The van der Waals surface area contributed by atoms with E-state index in [1.165, 1.54) is 32.1 Å². The normalized spacial score (nSPS) is 18.8. The summed E-state index contributed by atoms with van der Waals surface area (Å²) in [4.78, 5) is 11.8. The highest BCUT2D eigenvalue weighted by Crippen LogP contribution is 2.27. The molecule has 100 valence electrons. The van der Waals surface area contributed by atoms with E-state index in [4.69, 9.17) is 5.73 Å². The lowest BCUT2D eigenvalue weighted by Gasteiger charge is -2.21. The third kappa shape index (κ3) is 3.19. The van der Waals surface area contributed by atoms with Crippen molar-refractivity contribution in [2.45, 2.75) is 64.0 Å². The molecule has 1 unspecified atom stereocenters. The SMILES string of the molecule is CCC(N)C(=O)Cc1ccn(C2CCCCC2)n1. The Morgan fingerprint density at radius 1 is 1.50 bits per heavy atom. The van der Waals surface area contributed by atoms with E-state index in [0.29, 0.717) is 18.9 Å². The lowest BCUT2D eigenvalue weighted by molar-refractivity contribution is -0.119. The molecule has 0 spiro atoms. The number of carbonyl (C=O) groups is 1. The predicted octanol–water partition coefficient (Wildman–Crippen LogP) is 2.24. The minimum absolute atomic E-state index is 0.0893. The summed E-state index contributed by atoms with van der Waals surface area (Å²) >= 11 is 0. The number of Topliss-reactive ketones (excluding diaryl/α,β-unsaturated/α-hetero) is 1. The number of carbonyl (C=O) groups excluding carboxylic acids is 1. The van der Waals surface area contributed by atoms with Crippen molar-refractivity contribution in [3.8, 4) is 0 Å². The fourth-order valence-electron chi connectivity index (χ4n) is 2.56. The molecular weight excluding hydrogens is 226 g/mol. The molecule has 0 radical (unpaired) electrons. The van der Waals surface area contributed by atoms with E-state index in [9.17, 15) is 4.79 Å². The first-order chi connectivity index (χ1) is 8.70. The van der Waals surface area contributed by atoms with Crippen LogP contribution in [-0.4, -0.2) is 21.6 Å². The number of aromatic nitrogens is 2. The lowest BCUT2D eigenvalue weighted by atomic mass is 9.96. The fourth-order valence-corrected chi connectivity index (χ4v) is 2.56. The van der Waals surface area contributed by atoms with Crippen molar-refractivity contribution in [1.82, 2.24) is 9.78 Å². The van der Waals surface area contributed by atoms with Crippen molar-refractivity contribution in [2.75, 3.05) is 0 Å². The Labute approximate surface area is 109 Å². The molecule has 2 N–H and O–H groups in total. The van der Waals surface area contributed by atoms with E-state index in [-0.39, 0.29) is 11.8 Å². The maximum Gasteiger partial charge on any atom is 0.155 e. The lowest BCUT2D eigenvalue weighted by Crippen LogP contribution is -2.31. The van der Waals surface area contributed by atoms with Gasteiger partial charge in [-0.05, 0) is 25.3 Å². The standard InChI is InChI=1S/C14H23N3O/c1-2-13(15)14(18)10-11-8-9-17(16-11)12-6-4-3-5-7-12/h8-9,12-13H,2-7,10,15H2,1H3. The van der Waals surface area contributed by atoms with Gasteiger partial charge in [-0.1, -0.05) is 26.2 Å². The van der Waals surface area contributed by atoms with Crippen LogP contribution in [0.4, 0.5) is 0 Å². The molecule has 1 atom stereocenters. The molecule has 0 aliphatic heterocycles. The average molecular weight is 249 g/mol. The van der Waals surface area contributed by atoms with Gasteiger partial charge in [0.25, 0.3) is 0 Å². The molecule has 1 saturated carbocycles. The van der Waals surface area contributed by atoms with Crippen molar-refractivity contribution in [2.24, 2.45) is 5.73 Å². The summed E-state index contributed by atoms with van der Waals surface area (Å²) in [7, 11) is 0. The number of ketones is 1. The second-order valence-electron chi connectivity index (χ2n) is 5.24. The number of rotatable bonds is 5. The minimum atomic E-state index is -0.343. The zero-order chi connectivity index (χ0) is 13.0. The number of nitrogens with two attached hydrogens (primary N) is 1. The van der Waals surface area contributed by atoms with Gasteiger partial charge in [0, 0.05) is 6.20 Å². The molecular formula is C14H23N3O. The quantitative estimate of drug-likeness (QED) is 0.870. The van der Waals surface area contributed by atoms with Gasteiger partial charge >= 0.3 is 0 Å². The van der Waals surface area contributed by atoms with Gasteiger partial charge in [-0.2, -0.15) is 5.10 Å². The Kier molecular flexibility index (Phi) is 4.53. The summed E-state index contributed by atoms with van der Waals surface area (Å²) in [5.41, 5.74) is 6.59. The zero-order valence-corrected chi connectivity index (χ0v) is 11.1. The molecule has 0 bridgehead atoms. The van der Waals surface area contributed by atoms with Crippen molar-refractivity contribution in [3.63, 3.8) is 0 Å². The van der Waals surface area contributed by atoms with Crippen molar-refractivity contribution >= 4 is 5.78 Å². The number of nitrogens with zero attached hydrogens (tertiary/aromatic N) is 2. The van der Waals surface area contributed by atoms with E-state index >= 15 is 0 Å². The average Bonchev–Trinajstić information content (AvgIpc) is 2.87. The van der Waals surface area contributed by atoms with Crippen LogP contribution < -0.4 is 5.73 Å². The topological polar surface area (TPSA) is 60.9 Å². The van der Waals surface area contributed by atoms with Crippen LogP contribution in [-0.2, 0) is 11.2 Å². The van der Waals surface area contributed by atoms with Crippen LogP contribution in [0.2, 0.25) is 0 Å². The Morgan fingerprint density at radius 3 is 2.89 bits per heavy atom. The largest absolute Gasteiger partial charge is 0.322 e. The molecule has 0 aromatic carbocycles. The maximum absolute atomic E-state index is 11.8. The van der Waals surface area contributed by atoms with E-state index in [0.717, 1.165) is 5.69 Å². The van der Waals surface area contributed by atoms with Gasteiger partial charge in [0.15, 0.2) is 5.78 Å². The molecule has 4 nitrogen and oxygen atoms in total. The number of hydrogen-bond acceptors (Lipinski definition) is 3. The minimum Gasteiger partial charge on any atom is -0.322 e. The summed E-state index contributed by atoms with van der Waals surface area (Å²) in [6.07, 6.45) is 9.42. The van der Waals surface area contributed by atoms with Gasteiger partial charge in [0.05, 0.1) is 24.2 Å². The van der Waals surface area contributed by atoms with Crippen LogP contribution >= 0.6 is 0 Å². The molecule has 4 heteroatoms. The van der Waals surface area contributed by atoms with Gasteiger partial charge in [0.2, 0.25) is 0 Å². The van der Waals surface area contributed by atoms with Gasteiger partial charge < -0.3 is 5.73 Å². The monoisotopic (exact) mass is 249 g/mol. The first-order valence-corrected chi connectivity index (χ1v) is 7.03. The summed E-state index contributed by atoms with van der Waals surface area (Å²) in [6, 6.07) is 2.14. The Balaban J connectivity index is 1.95. The van der Waals surface area contributed by atoms with E-state index in [1.807, 2.05) is 23.9 Å². The fraction of sp³-hybridized carbons (Fsp3) is 0.714. The van der Waals surface area contributed by atoms with E-state index in [2.05, 4.69) is 5.10 Å². The van der Waals surface area contributed by atoms with Gasteiger partial charge in [-0.25, -0.2) is 0 Å². The molecule has 18 heavy (non-hydrogen) atoms. The zero-order valence-electron chi connectivity index (χ0n) is 11.1. The highest BCUT2D eigenvalue weighted by molar-refractivity contribution is 5.85. The van der Waals surface area contributed by atoms with Crippen molar-refractivity contribution < 1.29 is 4.79 Å². The Hall–Kier alpha value is -1.16. The third-order valence-corrected chi connectivity index (χ3v) is 3.82. The van der Waals surface area contributed by atoms with Crippen molar-refractivity contribution in [1.29, 1.82) is 0 Å². The second-order valence-corrected chi connectivity index (χ2v) is 5.24.